The van der Waals surface area contributed by atoms with Crippen molar-refractivity contribution in [2.24, 2.45) is 11.7 Å². The lowest BCUT2D eigenvalue weighted by atomic mass is 10.2. The Hall–Kier alpha value is -0.620. The van der Waals surface area contributed by atoms with Crippen LogP contribution in [-0.4, -0.2) is 38.9 Å². The second-order valence-corrected chi connectivity index (χ2v) is 6.81. The molecule has 0 aromatic heterocycles. The van der Waals surface area contributed by atoms with Crippen molar-refractivity contribution in [2.45, 2.75) is 31.7 Å². The largest absolute Gasteiger partial charge is 0.355 e. The number of hydrogen-bond donors (Lipinski definition) is 2. The summed E-state index contributed by atoms with van der Waals surface area (Å²) in [5.41, 5.74) is 5.58. The maximum absolute atomic E-state index is 11.4. The summed E-state index contributed by atoms with van der Waals surface area (Å²) in [7, 11) is -3.04. The fourth-order valence-electron chi connectivity index (χ4n) is 1.41. The summed E-state index contributed by atoms with van der Waals surface area (Å²) >= 11 is 0. The third kappa shape index (κ3) is 6.07. The van der Waals surface area contributed by atoms with E-state index in [-0.39, 0.29) is 18.1 Å². The Morgan fingerprint density at radius 3 is 2.62 bits per heavy atom. The molecule has 1 aliphatic carbocycles. The molecule has 1 aliphatic rings. The van der Waals surface area contributed by atoms with Crippen LogP contribution in [0.3, 0.4) is 0 Å². The zero-order chi connectivity index (χ0) is 12.2. The van der Waals surface area contributed by atoms with E-state index in [4.69, 9.17) is 5.73 Å². The molecule has 0 radical (unpaired) electrons. The molecule has 1 unspecified atom stereocenters. The molecule has 0 aromatic carbocycles. The van der Waals surface area contributed by atoms with E-state index in [2.05, 4.69) is 5.32 Å². The maximum atomic E-state index is 11.4. The van der Waals surface area contributed by atoms with Gasteiger partial charge in [0.15, 0.2) is 0 Å². The van der Waals surface area contributed by atoms with Gasteiger partial charge in [0, 0.05) is 12.8 Å². The van der Waals surface area contributed by atoms with Crippen LogP contribution in [0.25, 0.3) is 0 Å². The van der Waals surface area contributed by atoms with Gasteiger partial charge in [-0.15, -0.1) is 0 Å². The molecule has 0 aliphatic heterocycles. The highest BCUT2D eigenvalue weighted by molar-refractivity contribution is 7.90. The Balaban J connectivity index is 2.13. The van der Waals surface area contributed by atoms with Gasteiger partial charge < -0.3 is 11.1 Å². The number of carbonyl (C=O) groups excluding carboxylic acids is 1. The normalized spacial score (nSPS) is 18.1. The molecule has 1 atom stereocenters. The van der Waals surface area contributed by atoms with E-state index in [0.717, 1.165) is 18.6 Å². The number of rotatable bonds is 7. The van der Waals surface area contributed by atoms with Crippen LogP contribution in [0.2, 0.25) is 0 Å². The molecule has 3 N–H and O–H groups in total. The van der Waals surface area contributed by atoms with Crippen LogP contribution in [0.4, 0.5) is 0 Å². The molecule has 1 amide bonds. The Bertz CT molecular complexity index is 336. The third-order valence-corrected chi connectivity index (χ3v) is 3.66. The first-order valence-corrected chi connectivity index (χ1v) is 7.65. The van der Waals surface area contributed by atoms with Crippen molar-refractivity contribution in [2.75, 3.05) is 18.6 Å². The van der Waals surface area contributed by atoms with Gasteiger partial charge in [-0.3, -0.25) is 4.79 Å². The summed E-state index contributed by atoms with van der Waals surface area (Å²) in [6.07, 6.45) is 4.86. The predicted octanol–water partition coefficient (Wildman–Crippen LogP) is -0.335. The molecule has 0 aromatic rings. The lowest BCUT2D eigenvalue weighted by Crippen LogP contribution is -2.42. The second kappa shape index (κ2) is 5.63. The molecular formula is C10H20N2O3S. The van der Waals surface area contributed by atoms with Crippen molar-refractivity contribution >= 4 is 15.7 Å². The van der Waals surface area contributed by atoms with Gasteiger partial charge in [0.1, 0.15) is 9.84 Å². The monoisotopic (exact) mass is 248 g/mol. The predicted molar refractivity (Wildman–Crippen MR) is 62.7 cm³/mol. The molecule has 1 rings (SSSR count). The van der Waals surface area contributed by atoms with E-state index in [1.807, 2.05) is 0 Å². The Kier molecular flexibility index (Phi) is 4.73. The fourth-order valence-corrected chi connectivity index (χ4v) is 2.09. The van der Waals surface area contributed by atoms with Gasteiger partial charge in [-0.1, -0.05) is 12.8 Å². The molecular weight excluding hydrogens is 228 g/mol. The molecule has 6 heteroatoms. The molecule has 0 heterocycles. The van der Waals surface area contributed by atoms with Crippen molar-refractivity contribution in [3.05, 3.63) is 0 Å². The summed E-state index contributed by atoms with van der Waals surface area (Å²) in [6, 6.07) is -0.714. The molecule has 0 bridgehead atoms. The quantitative estimate of drug-likeness (QED) is 0.645. The Labute approximate surface area is 96.7 Å². The minimum absolute atomic E-state index is 0.0375. The van der Waals surface area contributed by atoms with Gasteiger partial charge >= 0.3 is 0 Å². The van der Waals surface area contributed by atoms with Crippen LogP contribution in [0.5, 0.6) is 0 Å². The summed E-state index contributed by atoms with van der Waals surface area (Å²) < 4.78 is 21.8. The first-order chi connectivity index (χ1) is 7.38. The first kappa shape index (κ1) is 13.4. The molecule has 16 heavy (non-hydrogen) atoms. The zero-order valence-electron chi connectivity index (χ0n) is 9.61. The first-order valence-electron chi connectivity index (χ1n) is 5.59. The van der Waals surface area contributed by atoms with Crippen molar-refractivity contribution in [1.29, 1.82) is 0 Å². The lowest BCUT2D eigenvalue weighted by Gasteiger charge is -2.11. The van der Waals surface area contributed by atoms with Gasteiger partial charge in [0.25, 0.3) is 0 Å². The molecule has 5 nitrogen and oxygen atoms in total. The van der Waals surface area contributed by atoms with Crippen LogP contribution in [0.1, 0.15) is 25.7 Å². The van der Waals surface area contributed by atoms with Gasteiger partial charge in [-0.2, -0.15) is 0 Å². The SMILES string of the molecule is CS(=O)(=O)CCC(N)C(=O)NCCC1CC1. The van der Waals surface area contributed by atoms with Crippen LogP contribution in [0.15, 0.2) is 0 Å². The van der Waals surface area contributed by atoms with E-state index < -0.39 is 15.9 Å². The number of amides is 1. The average Bonchev–Trinajstić information content (AvgIpc) is 2.96. The highest BCUT2D eigenvalue weighted by Crippen LogP contribution is 2.31. The van der Waals surface area contributed by atoms with E-state index in [1.165, 1.54) is 12.8 Å². The standard InChI is InChI=1S/C10H20N2O3S/c1-16(14,15)7-5-9(11)10(13)12-6-4-8-2-3-8/h8-9H,2-7,11H2,1H3,(H,12,13). The molecule has 0 spiro atoms. The number of nitrogens with two attached hydrogens (primary N) is 1. The van der Waals surface area contributed by atoms with E-state index in [0.29, 0.717) is 6.54 Å². The number of nitrogens with one attached hydrogen (secondary N) is 1. The lowest BCUT2D eigenvalue weighted by molar-refractivity contribution is -0.122. The van der Waals surface area contributed by atoms with E-state index in [1.54, 1.807) is 0 Å². The molecule has 1 fully saturated rings. The third-order valence-electron chi connectivity index (χ3n) is 2.69. The Morgan fingerprint density at radius 2 is 2.12 bits per heavy atom. The Morgan fingerprint density at radius 1 is 1.50 bits per heavy atom. The summed E-state index contributed by atoms with van der Waals surface area (Å²) in [4.78, 5) is 11.4. The van der Waals surface area contributed by atoms with E-state index >= 15 is 0 Å². The smallest absolute Gasteiger partial charge is 0.236 e. The number of sulfone groups is 1. The average molecular weight is 248 g/mol. The van der Waals surface area contributed by atoms with Gasteiger partial charge in [0.05, 0.1) is 11.8 Å². The summed E-state index contributed by atoms with van der Waals surface area (Å²) in [5, 5.41) is 2.73. The van der Waals surface area contributed by atoms with Crippen LogP contribution in [-0.2, 0) is 14.6 Å². The van der Waals surface area contributed by atoms with Crippen molar-refractivity contribution in [1.82, 2.24) is 5.32 Å². The number of hydrogen-bond acceptors (Lipinski definition) is 4. The minimum atomic E-state index is -3.04. The van der Waals surface area contributed by atoms with E-state index in [9.17, 15) is 13.2 Å². The van der Waals surface area contributed by atoms with Crippen molar-refractivity contribution < 1.29 is 13.2 Å². The second-order valence-electron chi connectivity index (χ2n) is 4.55. The summed E-state index contributed by atoms with van der Waals surface area (Å²) in [5.74, 6) is 0.487. The molecule has 94 valence electrons. The van der Waals surface area contributed by atoms with Crippen LogP contribution in [0, 0.1) is 5.92 Å². The van der Waals surface area contributed by atoms with Crippen LogP contribution >= 0.6 is 0 Å². The van der Waals surface area contributed by atoms with Crippen molar-refractivity contribution in [3.8, 4) is 0 Å². The van der Waals surface area contributed by atoms with Gasteiger partial charge in [0.2, 0.25) is 5.91 Å². The number of carbonyl (C=O) groups is 1. The highest BCUT2D eigenvalue weighted by atomic mass is 32.2. The molecule has 1 saturated carbocycles. The van der Waals surface area contributed by atoms with Gasteiger partial charge in [-0.25, -0.2) is 8.42 Å². The minimum Gasteiger partial charge on any atom is -0.355 e. The van der Waals surface area contributed by atoms with Gasteiger partial charge in [-0.05, 0) is 18.8 Å². The fraction of sp³-hybridized carbons (Fsp3) is 0.900. The van der Waals surface area contributed by atoms with Crippen LogP contribution < -0.4 is 11.1 Å². The zero-order valence-corrected chi connectivity index (χ0v) is 10.4. The molecule has 0 saturated heterocycles. The maximum Gasteiger partial charge on any atom is 0.236 e. The van der Waals surface area contributed by atoms with Crippen molar-refractivity contribution in [3.63, 3.8) is 0 Å². The summed E-state index contributed by atoms with van der Waals surface area (Å²) in [6.45, 7) is 0.649. The topological polar surface area (TPSA) is 89.3 Å². The highest BCUT2D eigenvalue weighted by Gasteiger charge is 2.21.